The Bertz CT molecular complexity index is 1090. The molecule has 0 bridgehead atoms. The molecule has 202 valence electrons. The fourth-order valence-corrected chi connectivity index (χ4v) is 5.82. The molecule has 0 unspecified atom stereocenters. The SMILES string of the molecule is C=C1CC/C=C(\C)C/C=C2/[C@H](C(C)C)[C@@H](OC(=O)[C@@](OC)(c3ccccc3)C(F)(F)F)C[C@@]2(C)CC1=O. The minimum absolute atomic E-state index is 0.0434. The maximum absolute atomic E-state index is 14.5. The predicted octanol–water partition coefficient (Wildman–Crippen LogP) is 7.26. The van der Waals surface area contributed by atoms with Crippen LogP contribution in [0.1, 0.15) is 65.4 Å². The third-order valence-corrected chi connectivity index (χ3v) is 7.79. The number of esters is 1. The van der Waals surface area contributed by atoms with E-state index in [1.807, 2.05) is 27.7 Å². The molecule has 0 spiro atoms. The number of ether oxygens (including phenoxy) is 2. The molecule has 0 saturated heterocycles. The van der Waals surface area contributed by atoms with Gasteiger partial charge >= 0.3 is 12.1 Å². The first-order valence-corrected chi connectivity index (χ1v) is 12.7. The van der Waals surface area contributed by atoms with E-state index < -0.39 is 29.3 Å². The zero-order chi connectivity index (χ0) is 27.6. The number of methoxy groups -OCH3 is 1. The van der Waals surface area contributed by atoms with Gasteiger partial charge in [-0.3, -0.25) is 4.79 Å². The van der Waals surface area contributed by atoms with Gasteiger partial charge in [0.1, 0.15) is 6.10 Å². The molecule has 2 aliphatic carbocycles. The lowest BCUT2D eigenvalue weighted by Gasteiger charge is -2.34. The molecule has 0 heterocycles. The molecule has 0 amide bonds. The Morgan fingerprint density at radius 3 is 2.38 bits per heavy atom. The molecule has 7 heteroatoms. The summed E-state index contributed by atoms with van der Waals surface area (Å²) >= 11 is 0. The monoisotopic (exact) mass is 518 g/mol. The maximum Gasteiger partial charge on any atom is 0.432 e. The first-order valence-electron chi connectivity index (χ1n) is 12.7. The van der Waals surface area contributed by atoms with Crippen molar-refractivity contribution in [2.75, 3.05) is 7.11 Å². The van der Waals surface area contributed by atoms with Crippen LogP contribution in [0, 0.1) is 17.3 Å². The lowest BCUT2D eigenvalue weighted by atomic mass is 9.75. The second-order valence-electron chi connectivity index (χ2n) is 10.9. The van der Waals surface area contributed by atoms with Crippen LogP contribution in [-0.4, -0.2) is 31.1 Å². The van der Waals surface area contributed by atoms with Gasteiger partial charge in [-0.2, -0.15) is 13.2 Å². The number of hydrogen-bond donors (Lipinski definition) is 0. The van der Waals surface area contributed by atoms with Gasteiger partial charge in [-0.25, -0.2) is 4.79 Å². The van der Waals surface area contributed by atoms with Crippen molar-refractivity contribution < 1.29 is 32.2 Å². The van der Waals surface area contributed by atoms with Gasteiger partial charge in [-0.15, -0.1) is 0 Å². The number of benzene rings is 1. The number of fused-ring (bicyclic) bond motifs is 1. The molecule has 0 N–H and O–H groups in total. The van der Waals surface area contributed by atoms with Crippen LogP contribution >= 0.6 is 0 Å². The molecule has 1 saturated carbocycles. The van der Waals surface area contributed by atoms with Crippen molar-refractivity contribution in [2.45, 2.75) is 77.7 Å². The zero-order valence-electron chi connectivity index (χ0n) is 22.3. The predicted molar refractivity (Wildman–Crippen MR) is 137 cm³/mol. The van der Waals surface area contributed by atoms with E-state index in [-0.39, 0.29) is 36.0 Å². The summed E-state index contributed by atoms with van der Waals surface area (Å²) in [5, 5.41) is 0. The summed E-state index contributed by atoms with van der Waals surface area (Å²) in [6.45, 7) is 11.8. The zero-order valence-corrected chi connectivity index (χ0v) is 22.3. The Morgan fingerprint density at radius 2 is 1.81 bits per heavy atom. The molecule has 1 aromatic rings. The summed E-state index contributed by atoms with van der Waals surface area (Å²) < 4.78 is 54.2. The van der Waals surface area contributed by atoms with E-state index in [0.29, 0.717) is 18.4 Å². The normalized spacial score (nSPS) is 29.9. The molecule has 37 heavy (non-hydrogen) atoms. The summed E-state index contributed by atoms with van der Waals surface area (Å²) in [5.41, 5.74) is -1.66. The van der Waals surface area contributed by atoms with E-state index in [0.717, 1.165) is 24.7 Å². The van der Waals surface area contributed by atoms with Crippen LogP contribution in [0.15, 0.2) is 65.8 Å². The van der Waals surface area contributed by atoms with Crippen molar-refractivity contribution in [3.8, 4) is 0 Å². The molecule has 2 aliphatic rings. The van der Waals surface area contributed by atoms with Crippen molar-refractivity contribution in [1.29, 1.82) is 0 Å². The van der Waals surface area contributed by atoms with Gasteiger partial charge in [0.2, 0.25) is 0 Å². The number of ketones is 1. The fraction of sp³-hybridized carbons (Fsp3) is 0.533. The van der Waals surface area contributed by atoms with E-state index in [2.05, 4.69) is 18.7 Å². The van der Waals surface area contributed by atoms with Crippen molar-refractivity contribution in [1.82, 2.24) is 0 Å². The van der Waals surface area contributed by atoms with Gasteiger partial charge in [-0.05, 0) is 49.5 Å². The van der Waals surface area contributed by atoms with Gasteiger partial charge in [0.05, 0.1) is 0 Å². The van der Waals surface area contributed by atoms with Crippen LogP contribution in [0.2, 0.25) is 0 Å². The molecular weight excluding hydrogens is 481 g/mol. The van der Waals surface area contributed by atoms with E-state index in [1.54, 1.807) is 6.07 Å². The highest BCUT2D eigenvalue weighted by Crippen LogP contribution is 2.54. The lowest BCUT2D eigenvalue weighted by Crippen LogP contribution is -2.52. The fourth-order valence-electron chi connectivity index (χ4n) is 5.82. The highest BCUT2D eigenvalue weighted by atomic mass is 19.4. The second kappa shape index (κ2) is 11.0. The number of halogens is 3. The molecule has 4 atom stereocenters. The third kappa shape index (κ3) is 5.62. The minimum Gasteiger partial charge on any atom is -0.459 e. The summed E-state index contributed by atoms with van der Waals surface area (Å²) in [4.78, 5) is 26.5. The highest BCUT2D eigenvalue weighted by molar-refractivity contribution is 5.95. The molecule has 4 nitrogen and oxygen atoms in total. The van der Waals surface area contributed by atoms with Crippen molar-refractivity contribution in [3.05, 3.63) is 71.3 Å². The van der Waals surface area contributed by atoms with Gasteiger partial charge in [-0.1, -0.05) is 81.0 Å². The number of Topliss-reactive ketones (excluding diaryl/α,β-unsaturated/α-hetero) is 1. The first-order chi connectivity index (χ1) is 17.3. The average Bonchev–Trinajstić information content (AvgIpc) is 3.07. The molecule has 0 radical (unpaired) electrons. The minimum atomic E-state index is -5.05. The number of rotatable bonds is 5. The number of carbonyl (C=O) groups is 2. The Balaban J connectivity index is 2.06. The standard InChI is InChI=1S/C30H37F3O4/c1-19(2)26-23-16-15-20(3)11-10-12-21(4)24(34)17-28(23,5)18-25(26)37-27(35)29(36-6,30(31,32)33)22-13-8-7-9-14-22/h7-9,11,13-14,16,19,25-26H,4,10,12,15,17-18H2,1-3,5-6H3/b20-11+,23-16-/t25-,26-,28+,29-/m0/s1. The smallest absolute Gasteiger partial charge is 0.432 e. The van der Waals surface area contributed by atoms with E-state index >= 15 is 0 Å². The maximum atomic E-state index is 14.5. The van der Waals surface area contributed by atoms with Gasteiger partial charge < -0.3 is 9.47 Å². The van der Waals surface area contributed by atoms with Crippen molar-refractivity contribution >= 4 is 11.8 Å². The number of carbonyl (C=O) groups excluding carboxylic acids is 2. The topological polar surface area (TPSA) is 52.6 Å². The van der Waals surface area contributed by atoms with Gasteiger partial charge in [0, 0.05) is 25.0 Å². The van der Waals surface area contributed by atoms with Crippen LogP contribution in [0.4, 0.5) is 13.2 Å². The largest absolute Gasteiger partial charge is 0.459 e. The Kier molecular flexibility index (Phi) is 8.57. The van der Waals surface area contributed by atoms with Crippen LogP contribution in [0.5, 0.6) is 0 Å². The van der Waals surface area contributed by atoms with Crippen LogP contribution in [-0.2, 0) is 24.7 Å². The Hall–Kier alpha value is -2.67. The number of allylic oxidation sites excluding steroid dienone is 4. The van der Waals surface area contributed by atoms with E-state index in [4.69, 9.17) is 9.47 Å². The molecular formula is C30H37F3O4. The molecule has 3 rings (SSSR count). The van der Waals surface area contributed by atoms with Crippen LogP contribution < -0.4 is 0 Å². The summed E-state index contributed by atoms with van der Waals surface area (Å²) in [6, 6.07) is 6.83. The second-order valence-corrected chi connectivity index (χ2v) is 10.9. The van der Waals surface area contributed by atoms with Crippen molar-refractivity contribution in [3.63, 3.8) is 0 Å². The van der Waals surface area contributed by atoms with E-state index in [1.165, 1.54) is 24.3 Å². The molecule has 1 aromatic carbocycles. The molecule has 0 aromatic heterocycles. The number of alkyl halides is 3. The quantitative estimate of drug-likeness (QED) is 0.234. The first kappa shape index (κ1) is 28.9. The molecule has 0 aliphatic heterocycles. The summed E-state index contributed by atoms with van der Waals surface area (Å²) in [7, 11) is 0.865. The van der Waals surface area contributed by atoms with E-state index in [9.17, 15) is 22.8 Å². The third-order valence-electron chi connectivity index (χ3n) is 7.79. The van der Waals surface area contributed by atoms with Crippen LogP contribution in [0.3, 0.4) is 0 Å². The number of hydrogen-bond acceptors (Lipinski definition) is 4. The van der Waals surface area contributed by atoms with Crippen LogP contribution in [0.25, 0.3) is 0 Å². The van der Waals surface area contributed by atoms with Crippen molar-refractivity contribution in [2.24, 2.45) is 17.3 Å². The Morgan fingerprint density at radius 1 is 1.16 bits per heavy atom. The lowest BCUT2D eigenvalue weighted by molar-refractivity contribution is -0.278. The Labute approximate surface area is 217 Å². The average molecular weight is 519 g/mol. The molecule has 1 fully saturated rings. The summed E-state index contributed by atoms with van der Waals surface area (Å²) in [6.07, 6.45) is 0.625. The highest BCUT2D eigenvalue weighted by Gasteiger charge is 2.65. The van der Waals surface area contributed by atoms with Gasteiger partial charge in [0.25, 0.3) is 5.60 Å². The van der Waals surface area contributed by atoms with Gasteiger partial charge in [0.15, 0.2) is 5.78 Å². The summed E-state index contributed by atoms with van der Waals surface area (Å²) in [5.74, 6) is -1.96.